The molecule has 2 rings (SSSR count). The van der Waals surface area contributed by atoms with Crippen LogP contribution in [-0.4, -0.2) is 30.3 Å². The molecule has 25 heavy (non-hydrogen) atoms. The normalized spacial score (nSPS) is 17.8. The van der Waals surface area contributed by atoms with E-state index in [4.69, 9.17) is 5.73 Å². The highest BCUT2D eigenvalue weighted by molar-refractivity contribution is 6.03. The van der Waals surface area contributed by atoms with Crippen LogP contribution in [0.2, 0.25) is 0 Å². The molecule has 0 bridgehead atoms. The summed E-state index contributed by atoms with van der Waals surface area (Å²) in [6.07, 6.45) is 1.57. The second-order valence-corrected chi connectivity index (χ2v) is 6.75. The van der Waals surface area contributed by atoms with E-state index in [2.05, 4.69) is 24.5 Å². The first kappa shape index (κ1) is 21.1. The number of imide groups is 1. The Bertz CT molecular complexity index is 616. The van der Waals surface area contributed by atoms with Crippen molar-refractivity contribution in [3.63, 3.8) is 0 Å². The first-order valence-corrected chi connectivity index (χ1v) is 8.32. The number of rotatable bonds is 7. The number of hydrogen-bond donors (Lipinski definition) is 3. The van der Waals surface area contributed by atoms with Crippen molar-refractivity contribution < 1.29 is 14.4 Å². The van der Waals surface area contributed by atoms with Crippen LogP contribution in [0.3, 0.4) is 0 Å². The minimum absolute atomic E-state index is 0. The largest absolute Gasteiger partial charge is 0.348 e. The van der Waals surface area contributed by atoms with Gasteiger partial charge in [0.15, 0.2) is 0 Å². The SMILES string of the molecule is CC(C)CC(CN)NC(=O)c1ccc(CC2CC(=O)NC2=O)cc1.Cl. The number of carbonyl (C=O) groups is 3. The summed E-state index contributed by atoms with van der Waals surface area (Å²) < 4.78 is 0. The van der Waals surface area contributed by atoms with E-state index in [1.807, 2.05) is 12.1 Å². The Balaban J connectivity index is 0.00000312. The van der Waals surface area contributed by atoms with Gasteiger partial charge >= 0.3 is 0 Å². The monoisotopic (exact) mass is 367 g/mol. The molecular weight excluding hydrogens is 342 g/mol. The van der Waals surface area contributed by atoms with Gasteiger partial charge in [0.25, 0.3) is 5.91 Å². The Morgan fingerprint density at radius 3 is 2.40 bits per heavy atom. The Hall–Kier alpha value is -1.92. The predicted molar refractivity (Wildman–Crippen MR) is 98.4 cm³/mol. The summed E-state index contributed by atoms with van der Waals surface area (Å²) in [6, 6.07) is 7.09. The van der Waals surface area contributed by atoms with E-state index >= 15 is 0 Å². The summed E-state index contributed by atoms with van der Waals surface area (Å²) in [4.78, 5) is 35.1. The van der Waals surface area contributed by atoms with Crippen LogP contribution in [0.5, 0.6) is 0 Å². The molecule has 138 valence electrons. The lowest BCUT2D eigenvalue weighted by atomic mass is 9.97. The van der Waals surface area contributed by atoms with Gasteiger partial charge in [0.2, 0.25) is 11.8 Å². The smallest absolute Gasteiger partial charge is 0.251 e. The minimum atomic E-state index is -0.315. The number of nitrogens with one attached hydrogen (secondary N) is 2. The quantitative estimate of drug-likeness (QED) is 0.634. The number of carbonyl (C=O) groups excluding carboxylic acids is 3. The summed E-state index contributed by atoms with van der Waals surface area (Å²) in [7, 11) is 0. The van der Waals surface area contributed by atoms with E-state index in [-0.39, 0.29) is 48.5 Å². The van der Waals surface area contributed by atoms with E-state index in [1.54, 1.807) is 12.1 Å². The lowest BCUT2D eigenvalue weighted by molar-refractivity contribution is -0.125. The van der Waals surface area contributed by atoms with Crippen LogP contribution in [0.4, 0.5) is 0 Å². The number of halogens is 1. The topological polar surface area (TPSA) is 101 Å². The van der Waals surface area contributed by atoms with Crippen molar-refractivity contribution in [2.45, 2.75) is 39.2 Å². The third kappa shape index (κ3) is 6.14. The molecular formula is C18H26ClN3O3. The van der Waals surface area contributed by atoms with Crippen molar-refractivity contribution in [1.29, 1.82) is 0 Å². The summed E-state index contributed by atoms with van der Waals surface area (Å²) in [6.45, 7) is 4.59. The molecule has 4 N–H and O–H groups in total. The number of benzene rings is 1. The first-order valence-electron chi connectivity index (χ1n) is 8.32. The molecule has 3 amide bonds. The van der Waals surface area contributed by atoms with Gasteiger partial charge in [-0.15, -0.1) is 12.4 Å². The summed E-state index contributed by atoms with van der Waals surface area (Å²) in [5, 5.41) is 5.25. The summed E-state index contributed by atoms with van der Waals surface area (Å²) in [5.41, 5.74) is 7.20. The van der Waals surface area contributed by atoms with Gasteiger partial charge in [-0.25, -0.2) is 0 Å². The van der Waals surface area contributed by atoms with Crippen molar-refractivity contribution >= 4 is 30.1 Å². The van der Waals surface area contributed by atoms with Crippen molar-refractivity contribution in [2.75, 3.05) is 6.54 Å². The van der Waals surface area contributed by atoms with Crippen LogP contribution in [-0.2, 0) is 16.0 Å². The van der Waals surface area contributed by atoms with Gasteiger partial charge in [-0.2, -0.15) is 0 Å². The van der Waals surface area contributed by atoms with E-state index in [0.29, 0.717) is 24.4 Å². The fraction of sp³-hybridized carbons (Fsp3) is 0.500. The van der Waals surface area contributed by atoms with Crippen molar-refractivity contribution in [1.82, 2.24) is 10.6 Å². The molecule has 1 aliphatic rings. The first-order chi connectivity index (χ1) is 11.4. The predicted octanol–water partition coefficient (Wildman–Crippen LogP) is 1.42. The highest BCUT2D eigenvalue weighted by Crippen LogP contribution is 2.18. The molecule has 0 spiro atoms. The molecule has 0 aliphatic carbocycles. The van der Waals surface area contributed by atoms with Gasteiger partial charge in [0.1, 0.15) is 0 Å². The zero-order valence-corrected chi connectivity index (χ0v) is 15.4. The molecule has 2 unspecified atom stereocenters. The average Bonchev–Trinajstić information content (AvgIpc) is 2.84. The van der Waals surface area contributed by atoms with Gasteiger partial charge in [-0.05, 0) is 36.5 Å². The molecule has 2 atom stereocenters. The number of nitrogens with two attached hydrogens (primary N) is 1. The standard InChI is InChI=1S/C18H25N3O3.ClH/c1-11(2)7-15(10-19)20-17(23)13-5-3-12(4-6-13)8-14-9-16(22)21-18(14)24;/h3-6,11,14-15H,7-10,19H2,1-2H3,(H,20,23)(H,21,22,24);1H. The van der Waals surface area contributed by atoms with Gasteiger partial charge < -0.3 is 11.1 Å². The second kappa shape index (κ2) is 9.53. The van der Waals surface area contributed by atoms with Crippen molar-refractivity contribution in [3.05, 3.63) is 35.4 Å². The molecule has 1 fully saturated rings. The third-order valence-corrected chi connectivity index (χ3v) is 4.14. The molecule has 1 aliphatic heterocycles. The fourth-order valence-electron chi connectivity index (χ4n) is 2.90. The van der Waals surface area contributed by atoms with E-state index < -0.39 is 0 Å². The highest BCUT2D eigenvalue weighted by atomic mass is 35.5. The molecule has 1 saturated heterocycles. The number of amides is 3. The second-order valence-electron chi connectivity index (χ2n) is 6.75. The van der Waals surface area contributed by atoms with E-state index in [1.165, 1.54) is 0 Å². The summed E-state index contributed by atoms with van der Waals surface area (Å²) >= 11 is 0. The van der Waals surface area contributed by atoms with Gasteiger partial charge in [-0.1, -0.05) is 26.0 Å². The van der Waals surface area contributed by atoms with Crippen LogP contribution in [0.15, 0.2) is 24.3 Å². The Labute approximate surface area is 154 Å². The molecule has 0 radical (unpaired) electrons. The minimum Gasteiger partial charge on any atom is -0.348 e. The molecule has 0 aromatic heterocycles. The Morgan fingerprint density at radius 1 is 1.28 bits per heavy atom. The maximum atomic E-state index is 12.3. The highest BCUT2D eigenvalue weighted by Gasteiger charge is 2.30. The fourth-order valence-corrected chi connectivity index (χ4v) is 2.90. The molecule has 1 heterocycles. The van der Waals surface area contributed by atoms with Crippen LogP contribution < -0.4 is 16.4 Å². The average molecular weight is 368 g/mol. The molecule has 0 saturated carbocycles. The zero-order chi connectivity index (χ0) is 17.7. The Morgan fingerprint density at radius 2 is 1.92 bits per heavy atom. The Kier molecular flexibility index (Phi) is 8.06. The van der Waals surface area contributed by atoms with Crippen LogP contribution >= 0.6 is 12.4 Å². The van der Waals surface area contributed by atoms with Crippen molar-refractivity contribution in [3.8, 4) is 0 Å². The zero-order valence-electron chi connectivity index (χ0n) is 14.6. The third-order valence-electron chi connectivity index (χ3n) is 4.14. The lowest BCUT2D eigenvalue weighted by Gasteiger charge is -2.19. The number of hydrogen-bond acceptors (Lipinski definition) is 4. The van der Waals surface area contributed by atoms with Crippen LogP contribution in [0.25, 0.3) is 0 Å². The van der Waals surface area contributed by atoms with E-state index in [9.17, 15) is 14.4 Å². The molecule has 1 aromatic rings. The van der Waals surface area contributed by atoms with Crippen LogP contribution in [0, 0.1) is 11.8 Å². The van der Waals surface area contributed by atoms with Gasteiger partial charge in [0.05, 0.1) is 5.92 Å². The molecule has 1 aromatic carbocycles. The van der Waals surface area contributed by atoms with Crippen LogP contribution in [0.1, 0.15) is 42.6 Å². The van der Waals surface area contributed by atoms with Gasteiger partial charge in [-0.3, -0.25) is 19.7 Å². The van der Waals surface area contributed by atoms with Gasteiger partial charge in [0, 0.05) is 24.6 Å². The van der Waals surface area contributed by atoms with Crippen molar-refractivity contribution in [2.24, 2.45) is 17.6 Å². The lowest BCUT2D eigenvalue weighted by Crippen LogP contribution is -2.41. The maximum absolute atomic E-state index is 12.3. The van der Waals surface area contributed by atoms with E-state index in [0.717, 1.165) is 12.0 Å². The maximum Gasteiger partial charge on any atom is 0.251 e. The summed E-state index contributed by atoms with van der Waals surface area (Å²) in [5.74, 6) is -0.446. The molecule has 7 heteroatoms. The molecule has 6 nitrogen and oxygen atoms in total.